The van der Waals surface area contributed by atoms with E-state index >= 15 is 0 Å². The Kier molecular flexibility index (Phi) is 7.03. The first-order valence-corrected chi connectivity index (χ1v) is 7.15. The van der Waals surface area contributed by atoms with Gasteiger partial charge in [0.15, 0.2) is 6.04 Å². The summed E-state index contributed by atoms with van der Waals surface area (Å²) in [6.45, 7) is 4.97. The number of aliphatic carboxylic acids is 1. The summed E-state index contributed by atoms with van der Waals surface area (Å²) in [7, 11) is 0. The van der Waals surface area contributed by atoms with Gasteiger partial charge in [0.1, 0.15) is 5.60 Å². The number of hydrogen-bond donors (Lipinski definition) is 2. The van der Waals surface area contributed by atoms with E-state index in [0.717, 1.165) is 5.56 Å². The van der Waals surface area contributed by atoms with Gasteiger partial charge in [-0.1, -0.05) is 29.4 Å². The third kappa shape index (κ3) is 7.48. The third-order valence-electron chi connectivity index (χ3n) is 2.64. The summed E-state index contributed by atoms with van der Waals surface area (Å²) in [5.74, 6) is -1.22. The number of carbonyl (C=O) groups excluding carboxylic acids is 1. The van der Waals surface area contributed by atoms with Crippen LogP contribution in [0.1, 0.15) is 26.3 Å². The van der Waals surface area contributed by atoms with Crippen LogP contribution in [0.5, 0.6) is 0 Å². The molecule has 2 N–H and O–H groups in total. The van der Waals surface area contributed by atoms with Gasteiger partial charge in [0.25, 0.3) is 0 Å². The minimum absolute atomic E-state index is 0.149. The largest absolute Gasteiger partial charge is 0.480 e. The lowest BCUT2D eigenvalue weighted by Gasteiger charge is -2.22. The summed E-state index contributed by atoms with van der Waals surface area (Å²) >= 11 is 0. The highest BCUT2D eigenvalue weighted by Crippen LogP contribution is 2.13. The standard InChI is InChI=1S/C15H20N4O5/c1-15(2,3)24-14(22)17-12(13(20)21)9-23-8-10-4-6-11(7-5-10)18-19-16/h4-7,12H,8-9H2,1-3H3,(H,17,22)(H,20,21)/t12-/m1/s1. The van der Waals surface area contributed by atoms with Gasteiger partial charge in [-0.15, -0.1) is 0 Å². The van der Waals surface area contributed by atoms with Gasteiger partial charge in [0.2, 0.25) is 0 Å². The highest BCUT2D eigenvalue weighted by Gasteiger charge is 2.24. The van der Waals surface area contributed by atoms with Crippen LogP contribution < -0.4 is 5.32 Å². The van der Waals surface area contributed by atoms with Crippen LogP contribution in [-0.2, 0) is 20.9 Å². The molecule has 0 bridgehead atoms. The first kappa shape index (κ1) is 19.3. The van der Waals surface area contributed by atoms with Crippen LogP contribution in [0.3, 0.4) is 0 Å². The van der Waals surface area contributed by atoms with Gasteiger partial charge in [-0.05, 0) is 31.9 Å². The van der Waals surface area contributed by atoms with E-state index in [2.05, 4.69) is 15.3 Å². The van der Waals surface area contributed by atoms with Crippen LogP contribution >= 0.6 is 0 Å². The van der Waals surface area contributed by atoms with Gasteiger partial charge in [0, 0.05) is 10.6 Å². The number of nitrogens with one attached hydrogen (secondary N) is 1. The number of hydrogen-bond acceptors (Lipinski definition) is 5. The molecule has 1 rings (SSSR count). The second-order valence-corrected chi connectivity index (χ2v) is 5.91. The summed E-state index contributed by atoms with van der Waals surface area (Å²) in [4.78, 5) is 25.4. The first-order valence-electron chi connectivity index (χ1n) is 7.15. The van der Waals surface area contributed by atoms with Crippen molar-refractivity contribution in [2.24, 2.45) is 5.11 Å². The molecule has 0 aromatic heterocycles. The van der Waals surface area contributed by atoms with E-state index in [-0.39, 0.29) is 13.2 Å². The van der Waals surface area contributed by atoms with E-state index in [4.69, 9.17) is 20.1 Å². The van der Waals surface area contributed by atoms with Crippen LogP contribution in [0.15, 0.2) is 29.4 Å². The highest BCUT2D eigenvalue weighted by atomic mass is 16.6. The lowest BCUT2D eigenvalue weighted by molar-refractivity contribution is -0.141. The Hall–Kier alpha value is -2.77. The van der Waals surface area contributed by atoms with E-state index < -0.39 is 23.7 Å². The van der Waals surface area contributed by atoms with Gasteiger partial charge in [-0.25, -0.2) is 9.59 Å². The summed E-state index contributed by atoms with van der Waals surface area (Å²) in [5, 5.41) is 14.8. The molecule has 0 aliphatic carbocycles. The van der Waals surface area contributed by atoms with Gasteiger partial charge < -0.3 is 19.9 Å². The highest BCUT2D eigenvalue weighted by molar-refractivity contribution is 5.80. The molecule has 0 fully saturated rings. The second-order valence-electron chi connectivity index (χ2n) is 5.91. The molecule has 0 aliphatic rings. The van der Waals surface area contributed by atoms with Crippen molar-refractivity contribution in [1.29, 1.82) is 0 Å². The van der Waals surface area contributed by atoms with Crippen molar-refractivity contribution in [3.63, 3.8) is 0 Å². The zero-order chi connectivity index (χ0) is 18.2. The third-order valence-corrected chi connectivity index (χ3v) is 2.64. The van der Waals surface area contributed by atoms with Crippen LogP contribution in [0.2, 0.25) is 0 Å². The Balaban J connectivity index is 2.50. The Morgan fingerprint density at radius 1 is 1.33 bits per heavy atom. The SMILES string of the molecule is CC(C)(C)OC(=O)N[C@H](COCc1ccc(N=[N+]=[N-])cc1)C(=O)O. The Bertz CT molecular complexity index is 618. The Morgan fingerprint density at radius 2 is 1.96 bits per heavy atom. The number of alkyl carbamates (subject to hydrolysis) is 1. The maximum absolute atomic E-state index is 11.6. The molecule has 0 spiro atoms. The quantitative estimate of drug-likeness (QED) is 0.448. The number of carbonyl (C=O) groups is 2. The molecule has 0 heterocycles. The van der Waals surface area contributed by atoms with E-state index in [1.54, 1.807) is 45.0 Å². The van der Waals surface area contributed by atoms with Gasteiger partial charge in [0.05, 0.1) is 13.2 Å². The minimum Gasteiger partial charge on any atom is -0.480 e. The zero-order valence-electron chi connectivity index (χ0n) is 13.7. The maximum atomic E-state index is 11.6. The van der Waals surface area contributed by atoms with Crippen molar-refractivity contribution in [2.75, 3.05) is 6.61 Å². The van der Waals surface area contributed by atoms with Gasteiger partial charge >= 0.3 is 12.1 Å². The van der Waals surface area contributed by atoms with Gasteiger partial charge in [-0.3, -0.25) is 0 Å². The fourth-order valence-corrected chi connectivity index (χ4v) is 1.63. The van der Waals surface area contributed by atoms with E-state index in [9.17, 15) is 9.59 Å². The topological polar surface area (TPSA) is 134 Å². The van der Waals surface area contributed by atoms with Crippen molar-refractivity contribution in [3.05, 3.63) is 40.3 Å². The summed E-state index contributed by atoms with van der Waals surface area (Å²) in [6, 6.07) is 5.41. The smallest absolute Gasteiger partial charge is 0.408 e. The Labute approximate surface area is 139 Å². The molecule has 1 aromatic rings. The van der Waals surface area contributed by atoms with Gasteiger partial charge in [-0.2, -0.15) is 0 Å². The van der Waals surface area contributed by atoms with Crippen LogP contribution in [-0.4, -0.2) is 35.4 Å². The lowest BCUT2D eigenvalue weighted by Crippen LogP contribution is -2.46. The van der Waals surface area contributed by atoms with Crippen LogP contribution in [0, 0.1) is 0 Å². The van der Waals surface area contributed by atoms with Crippen molar-refractivity contribution in [3.8, 4) is 0 Å². The molecule has 9 heteroatoms. The van der Waals surface area contributed by atoms with Crippen molar-refractivity contribution < 1.29 is 24.2 Å². The number of rotatable bonds is 7. The molecule has 1 aromatic carbocycles. The zero-order valence-corrected chi connectivity index (χ0v) is 13.7. The molecule has 0 unspecified atom stereocenters. The number of benzene rings is 1. The van der Waals surface area contributed by atoms with E-state index in [1.807, 2.05) is 0 Å². The predicted octanol–water partition coefficient (Wildman–Crippen LogP) is 3.12. The monoisotopic (exact) mass is 336 g/mol. The summed E-state index contributed by atoms with van der Waals surface area (Å²) in [6.07, 6.45) is -0.822. The molecule has 1 atom stereocenters. The normalized spacial score (nSPS) is 12.0. The lowest BCUT2D eigenvalue weighted by atomic mass is 10.2. The molecular weight excluding hydrogens is 316 g/mol. The van der Waals surface area contributed by atoms with Crippen molar-refractivity contribution >= 4 is 17.7 Å². The van der Waals surface area contributed by atoms with Crippen molar-refractivity contribution in [2.45, 2.75) is 39.0 Å². The summed E-state index contributed by atoms with van der Waals surface area (Å²) in [5.41, 5.74) is 8.84. The fraction of sp³-hybridized carbons (Fsp3) is 0.467. The molecule has 0 radical (unpaired) electrons. The maximum Gasteiger partial charge on any atom is 0.408 e. The fourth-order valence-electron chi connectivity index (χ4n) is 1.63. The second kappa shape index (κ2) is 8.76. The molecule has 0 saturated carbocycles. The number of amides is 1. The molecule has 9 nitrogen and oxygen atoms in total. The number of carboxylic acid groups (broad SMARTS) is 1. The molecule has 0 saturated heterocycles. The number of ether oxygens (including phenoxy) is 2. The molecule has 1 amide bonds. The average molecular weight is 336 g/mol. The van der Waals surface area contributed by atoms with Crippen LogP contribution in [0.25, 0.3) is 10.4 Å². The Morgan fingerprint density at radius 3 is 2.46 bits per heavy atom. The molecule has 0 aliphatic heterocycles. The average Bonchev–Trinajstić information content (AvgIpc) is 2.46. The van der Waals surface area contributed by atoms with Crippen molar-refractivity contribution in [1.82, 2.24) is 5.32 Å². The molecule has 24 heavy (non-hydrogen) atoms. The van der Waals surface area contributed by atoms with E-state index in [1.165, 1.54) is 0 Å². The number of nitrogens with zero attached hydrogens (tertiary/aromatic N) is 3. The molecular formula is C15H20N4O5. The number of azide groups is 1. The minimum atomic E-state index is -1.22. The van der Waals surface area contributed by atoms with Crippen LogP contribution in [0.4, 0.5) is 10.5 Å². The summed E-state index contributed by atoms with van der Waals surface area (Å²) < 4.78 is 10.3. The first-order chi connectivity index (χ1) is 11.2. The predicted molar refractivity (Wildman–Crippen MR) is 85.7 cm³/mol. The number of carboxylic acids is 1. The van der Waals surface area contributed by atoms with E-state index in [0.29, 0.717) is 5.69 Å². The molecule has 130 valence electrons.